The molecule has 0 saturated heterocycles. The summed E-state index contributed by atoms with van der Waals surface area (Å²) in [5.41, 5.74) is 0. The fourth-order valence-electron chi connectivity index (χ4n) is 0. The second-order valence-electron chi connectivity index (χ2n) is 0.577. The van der Waals surface area contributed by atoms with Gasteiger partial charge < -0.3 is 32.7 Å². The van der Waals surface area contributed by atoms with E-state index in [2.05, 4.69) is 0 Å². The zero-order chi connectivity index (χ0) is 2.71. The van der Waals surface area contributed by atoms with Gasteiger partial charge >= 0.3 is 60.8 Å². The second kappa shape index (κ2) is 55.5. The molecule has 0 saturated carbocycles. The molecule has 0 fully saturated rings. The summed E-state index contributed by atoms with van der Waals surface area (Å²) in [5.74, 6) is 0. The number of hydrogen-bond donors (Lipinski definition) is 0. The predicted octanol–water partition coefficient (Wildman–Crippen LogP) is -11.0. The van der Waals surface area contributed by atoms with Gasteiger partial charge in [0.15, 0.2) is 0 Å². The van der Waals surface area contributed by atoms with Crippen LogP contribution in [0, 0.1) is 6.42 Å². The Balaban J connectivity index is -0.00000000133. The van der Waals surface area contributed by atoms with Gasteiger partial charge in [-0.15, -0.1) is 0 Å². The van der Waals surface area contributed by atoms with Crippen LogP contribution in [-0.4, -0.2) is 23.1 Å². The van der Waals surface area contributed by atoms with Crippen molar-refractivity contribution in [3.63, 3.8) is 0 Å². The van der Waals surface area contributed by atoms with E-state index in [-0.39, 0.29) is 87.0 Å². The van der Waals surface area contributed by atoms with Gasteiger partial charge in [-0.2, -0.15) is 13.8 Å². The maximum absolute atomic E-state index is 2.00. The van der Waals surface area contributed by atoms with Crippen LogP contribution in [0.15, 0.2) is 0 Å². The fraction of sp³-hybridized carbons (Fsp3) is 0.667. The topological polar surface area (TPSA) is 0 Å². The molecule has 0 aromatic heterocycles. The summed E-state index contributed by atoms with van der Waals surface area (Å²) in [6.45, 7) is 4.00. The van der Waals surface area contributed by atoms with Crippen LogP contribution in [0.25, 0.3) is 0 Å². The van der Waals surface area contributed by atoms with Crippen molar-refractivity contribution in [2.24, 2.45) is 0 Å². The average Bonchev–Trinajstić information content (AvgIpc) is 0.918. The summed E-state index contributed by atoms with van der Waals surface area (Å²) in [5, 5.41) is 0. The normalized spacial score (nSPS) is 2.25. The van der Waals surface area contributed by atoms with Gasteiger partial charge in [-0.25, -0.2) is 0 Å². The first-order valence-electron chi connectivity index (χ1n) is 1.15. The van der Waals surface area contributed by atoms with E-state index < -0.39 is 0 Å². The van der Waals surface area contributed by atoms with Crippen LogP contribution in [0.4, 0.5) is 0 Å². The molecule has 0 aliphatic rings. The molecule has 5 heteroatoms. The molecular formula is C3H8Cl2Li2Mg. The van der Waals surface area contributed by atoms with Crippen molar-refractivity contribution in [3.05, 3.63) is 6.42 Å². The van der Waals surface area contributed by atoms with Crippen LogP contribution in [0.3, 0.4) is 0 Å². The Kier molecular flexibility index (Phi) is 323. The standard InChI is InChI=1S/C3H7.2ClH.2Li.Mg.H/c1-3-2;;;;;;/h3H,1-2H3;2*1H;;;;/q-1;;;2*+1;+2;-1/p-2. The summed E-state index contributed by atoms with van der Waals surface area (Å²) in [6, 6.07) is 0. The molecule has 0 bridgehead atoms. The Morgan fingerprint density at radius 3 is 1.00 bits per heavy atom. The van der Waals surface area contributed by atoms with Crippen molar-refractivity contribution in [2.75, 3.05) is 0 Å². The molecule has 0 unspecified atom stereocenters. The van der Waals surface area contributed by atoms with Crippen molar-refractivity contribution >= 4 is 23.1 Å². The molecule has 0 atom stereocenters. The zero-order valence-electron chi connectivity index (χ0n) is 7.04. The first-order valence-corrected chi connectivity index (χ1v) is 1.15. The monoisotopic (exact) mass is 152 g/mol. The molecule has 0 rings (SSSR count). The smallest absolute Gasteiger partial charge is 1.00 e. The van der Waals surface area contributed by atoms with Crippen LogP contribution in [0.5, 0.6) is 0 Å². The van der Waals surface area contributed by atoms with Gasteiger partial charge in [0.1, 0.15) is 0 Å². The van der Waals surface area contributed by atoms with Crippen molar-refractivity contribution < 1.29 is 64.0 Å². The Hall–Kier alpha value is 2.54. The third-order valence-corrected chi connectivity index (χ3v) is 0. The van der Waals surface area contributed by atoms with E-state index in [1.807, 2.05) is 20.3 Å². The summed E-state index contributed by atoms with van der Waals surface area (Å²) in [7, 11) is 0. The third-order valence-electron chi connectivity index (χ3n) is 0. The zero-order valence-corrected chi connectivity index (χ0v) is 8.97. The molecule has 0 spiro atoms. The van der Waals surface area contributed by atoms with E-state index in [1.165, 1.54) is 0 Å². The summed E-state index contributed by atoms with van der Waals surface area (Å²) >= 11 is 0. The van der Waals surface area contributed by atoms with E-state index >= 15 is 0 Å². The van der Waals surface area contributed by atoms with Gasteiger partial charge in [0.25, 0.3) is 0 Å². The minimum Gasteiger partial charge on any atom is -1.00 e. The summed E-state index contributed by atoms with van der Waals surface area (Å²) < 4.78 is 0. The molecule has 0 heterocycles. The van der Waals surface area contributed by atoms with E-state index in [1.54, 1.807) is 0 Å². The SMILES string of the molecule is C[CH-]C.[Cl-].[Cl-].[H-].[Li+].[Li+].[Mg+2]. The van der Waals surface area contributed by atoms with Crippen LogP contribution >= 0.6 is 0 Å². The minimum absolute atomic E-state index is 0. The van der Waals surface area contributed by atoms with Gasteiger partial charge in [-0.1, -0.05) is 0 Å². The Labute approximate surface area is 106 Å². The van der Waals surface area contributed by atoms with Crippen LogP contribution < -0.4 is 62.5 Å². The predicted molar refractivity (Wildman–Crippen MR) is 22.5 cm³/mol. The Morgan fingerprint density at radius 2 is 1.00 bits per heavy atom. The van der Waals surface area contributed by atoms with Crippen molar-refractivity contribution in [2.45, 2.75) is 13.8 Å². The van der Waals surface area contributed by atoms with Crippen LogP contribution in [0.2, 0.25) is 0 Å². The fourth-order valence-corrected chi connectivity index (χ4v) is 0. The Bertz CT molecular complexity index is 19.8. The quantitative estimate of drug-likeness (QED) is 0.239. The molecule has 0 radical (unpaired) electrons. The molecule has 0 aromatic carbocycles. The van der Waals surface area contributed by atoms with E-state index in [0.717, 1.165) is 0 Å². The molecule has 0 aromatic rings. The molecule has 0 N–H and O–H groups in total. The maximum atomic E-state index is 2.00. The third kappa shape index (κ3) is 75.2. The van der Waals surface area contributed by atoms with Gasteiger partial charge in [0, 0.05) is 0 Å². The average molecular weight is 153 g/mol. The van der Waals surface area contributed by atoms with Gasteiger partial charge in [-0.3, -0.25) is 0 Å². The van der Waals surface area contributed by atoms with Crippen LogP contribution in [0.1, 0.15) is 15.3 Å². The van der Waals surface area contributed by atoms with Gasteiger partial charge in [-0.05, 0) is 0 Å². The van der Waals surface area contributed by atoms with Gasteiger partial charge in [0.2, 0.25) is 0 Å². The number of halogens is 2. The van der Waals surface area contributed by atoms with Crippen molar-refractivity contribution in [1.82, 2.24) is 0 Å². The molecule has 38 valence electrons. The minimum atomic E-state index is 0. The largest absolute Gasteiger partial charge is 2.00 e. The van der Waals surface area contributed by atoms with Gasteiger partial charge in [0.05, 0.1) is 0 Å². The van der Waals surface area contributed by atoms with E-state index in [9.17, 15) is 0 Å². The van der Waals surface area contributed by atoms with Crippen molar-refractivity contribution in [1.29, 1.82) is 0 Å². The molecule has 8 heavy (non-hydrogen) atoms. The summed E-state index contributed by atoms with van der Waals surface area (Å²) in [6.07, 6.45) is 2.00. The molecule has 0 nitrogen and oxygen atoms in total. The summed E-state index contributed by atoms with van der Waals surface area (Å²) in [4.78, 5) is 0. The maximum Gasteiger partial charge on any atom is 2.00 e. The van der Waals surface area contributed by atoms with Crippen LogP contribution in [-0.2, 0) is 0 Å². The molecule has 0 amide bonds. The second-order valence-corrected chi connectivity index (χ2v) is 0.577. The Morgan fingerprint density at radius 1 is 1.00 bits per heavy atom. The first-order chi connectivity index (χ1) is 1.41. The number of hydrogen-bond acceptors (Lipinski definition) is 0. The molecule has 0 aliphatic carbocycles. The van der Waals surface area contributed by atoms with Crippen molar-refractivity contribution in [3.8, 4) is 0 Å². The van der Waals surface area contributed by atoms with E-state index in [0.29, 0.717) is 0 Å². The molecular weight excluding hydrogens is 145 g/mol. The molecule has 0 aliphatic heterocycles. The first kappa shape index (κ1) is 46.5. The van der Waals surface area contributed by atoms with E-state index in [4.69, 9.17) is 0 Å². The number of rotatable bonds is 0.